The third-order valence-electron chi connectivity index (χ3n) is 6.08. The van der Waals surface area contributed by atoms with Gasteiger partial charge in [0.2, 0.25) is 5.91 Å². The van der Waals surface area contributed by atoms with E-state index in [1.807, 2.05) is 49.9 Å². The Kier molecular flexibility index (Phi) is 6.09. The van der Waals surface area contributed by atoms with E-state index < -0.39 is 0 Å². The van der Waals surface area contributed by atoms with Crippen molar-refractivity contribution in [1.82, 2.24) is 9.88 Å². The second-order valence-electron chi connectivity index (χ2n) is 8.56. The molecule has 5 nitrogen and oxygen atoms in total. The largest absolute Gasteiger partial charge is 0.354 e. The topological polar surface area (TPSA) is 60.2 Å². The summed E-state index contributed by atoms with van der Waals surface area (Å²) in [4.78, 5) is 21.7. The molecule has 0 bridgehead atoms. The number of anilines is 1. The first-order valence-corrected chi connectivity index (χ1v) is 11.1. The molecular weight excluding hydrogens is 403 g/mol. The van der Waals surface area contributed by atoms with Crippen molar-refractivity contribution in [2.45, 2.75) is 33.2 Å². The minimum absolute atomic E-state index is 0.0462. The molecule has 164 valence electrons. The summed E-state index contributed by atoms with van der Waals surface area (Å²) in [7, 11) is 0. The van der Waals surface area contributed by atoms with Gasteiger partial charge in [-0.25, -0.2) is 9.37 Å². The number of hydrogen-bond donors (Lipinski definition) is 0. The number of halogens is 1. The minimum atomic E-state index is -0.325. The van der Waals surface area contributed by atoms with Crippen molar-refractivity contribution in [3.8, 4) is 17.2 Å². The Morgan fingerprint density at radius 2 is 2.09 bits per heavy atom. The molecule has 32 heavy (non-hydrogen) atoms. The maximum absolute atomic E-state index is 13.9. The highest BCUT2D eigenvalue weighted by Gasteiger charge is 2.32. The number of aromatic nitrogens is 1. The molecule has 1 aliphatic heterocycles. The van der Waals surface area contributed by atoms with Gasteiger partial charge in [0.25, 0.3) is 0 Å². The Hall–Kier alpha value is -3.46. The zero-order valence-electron chi connectivity index (χ0n) is 18.7. The third-order valence-corrected chi connectivity index (χ3v) is 6.08. The van der Waals surface area contributed by atoms with E-state index >= 15 is 0 Å². The lowest BCUT2D eigenvalue weighted by Crippen LogP contribution is -2.43. The van der Waals surface area contributed by atoms with Gasteiger partial charge in [-0.05, 0) is 49.2 Å². The lowest BCUT2D eigenvalue weighted by Gasteiger charge is -2.30. The van der Waals surface area contributed by atoms with E-state index in [9.17, 15) is 14.4 Å². The predicted molar refractivity (Wildman–Crippen MR) is 125 cm³/mol. The van der Waals surface area contributed by atoms with Gasteiger partial charge >= 0.3 is 0 Å². The van der Waals surface area contributed by atoms with Crippen molar-refractivity contribution in [3.05, 3.63) is 59.9 Å². The first-order valence-electron chi connectivity index (χ1n) is 11.1. The van der Waals surface area contributed by atoms with Crippen molar-refractivity contribution >= 4 is 22.6 Å². The smallest absolute Gasteiger partial charge is 0.225 e. The molecular formula is C26H27FN4O. The zero-order chi connectivity index (χ0) is 22.8. The van der Waals surface area contributed by atoms with E-state index in [1.54, 1.807) is 12.1 Å². The van der Waals surface area contributed by atoms with Gasteiger partial charge in [-0.3, -0.25) is 4.79 Å². The van der Waals surface area contributed by atoms with Crippen LogP contribution in [0.3, 0.4) is 0 Å². The summed E-state index contributed by atoms with van der Waals surface area (Å²) in [5.74, 6) is 0.549. The van der Waals surface area contributed by atoms with Gasteiger partial charge in [0.05, 0.1) is 23.2 Å². The van der Waals surface area contributed by atoms with E-state index in [0.29, 0.717) is 24.2 Å². The Morgan fingerprint density at radius 3 is 2.81 bits per heavy atom. The van der Waals surface area contributed by atoms with Crippen molar-refractivity contribution in [2.75, 3.05) is 24.5 Å². The number of likely N-dealkylation sites (N-methyl/N-ethyl adjacent to an activating group) is 1. The molecule has 1 aromatic heterocycles. The third kappa shape index (κ3) is 4.16. The Balaban J connectivity index is 1.77. The maximum Gasteiger partial charge on any atom is 0.225 e. The second-order valence-corrected chi connectivity index (χ2v) is 8.56. The van der Waals surface area contributed by atoms with Crippen LogP contribution < -0.4 is 4.90 Å². The standard InChI is InChI=1S/C26H27FN4O/c1-4-31(26(32)17(2)3)22-10-11-30(16-22)25-23(19-7-5-6-18(12-19)15-28)13-20-8-9-21(27)14-24(20)29-25/h5-9,12-14,17,22H,4,10-11,16H2,1-3H3/t22-/m0/s1. The Bertz CT molecular complexity index is 1200. The SMILES string of the molecule is CCN(C(=O)C(C)C)[C@H]1CCN(c2nc3cc(F)ccc3cc2-c2cccc(C#N)c2)C1. The number of nitrogens with zero attached hydrogens (tertiary/aromatic N) is 4. The molecule has 0 aliphatic carbocycles. The van der Waals surface area contributed by atoms with E-state index in [0.717, 1.165) is 35.3 Å². The van der Waals surface area contributed by atoms with Crippen LogP contribution in [-0.2, 0) is 4.79 Å². The number of fused-ring (bicyclic) bond motifs is 1. The number of pyridine rings is 1. The summed E-state index contributed by atoms with van der Waals surface area (Å²) in [6, 6.07) is 16.4. The van der Waals surface area contributed by atoms with Crippen molar-refractivity contribution < 1.29 is 9.18 Å². The molecule has 6 heteroatoms. The molecule has 0 N–H and O–H groups in total. The van der Waals surface area contributed by atoms with E-state index in [-0.39, 0.29) is 23.7 Å². The number of carbonyl (C=O) groups excluding carboxylic acids is 1. The highest BCUT2D eigenvalue weighted by Crippen LogP contribution is 2.35. The van der Waals surface area contributed by atoms with Crippen LogP contribution in [0.5, 0.6) is 0 Å². The highest BCUT2D eigenvalue weighted by atomic mass is 19.1. The molecule has 4 rings (SSSR count). The first-order chi connectivity index (χ1) is 15.4. The van der Waals surface area contributed by atoms with Crippen LogP contribution in [-0.4, -0.2) is 41.5 Å². The molecule has 0 unspecified atom stereocenters. The molecule has 1 aliphatic rings. The van der Waals surface area contributed by atoms with Gasteiger partial charge in [-0.2, -0.15) is 5.26 Å². The molecule has 2 aromatic carbocycles. The summed E-state index contributed by atoms with van der Waals surface area (Å²) in [6.07, 6.45) is 0.854. The fraction of sp³-hybridized carbons (Fsp3) is 0.346. The summed E-state index contributed by atoms with van der Waals surface area (Å²) in [5, 5.41) is 10.2. The quantitative estimate of drug-likeness (QED) is 0.572. The van der Waals surface area contributed by atoms with Gasteiger partial charge < -0.3 is 9.80 Å². The second kappa shape index (κ2) is 8.96. The van der Waals surface area contributed by atoms with Crippen LogP contribution >= 0.6 is 0 Å². The summed E-state index contributed by atoms with van der Waals surface area (Å²) in [6.45, 7) is 7.97. The van der Waals surface area contributed by atoms with Crippen LogP contribution in [0.15, 0.2) is 48.5 Å². The fourth-order valence-corrected chi connectivity index (χ4v) is 4.45. The maximum atomic E-state index is 13.9. The van der Waals surface area contributed by atoms with Gasteiger partial charge in [-0.1, -0.05) is 26.0 Å². The summed E-state index contributed by atoms with van der Waals surface area (Å²) < 4.78 is 13.9. The van der Waals surface area contributed by atoms with E-state index in [4.69, 9.17) is 4.98 Å². The molecule has 0 saturated carbocycles. The average Bonchev–Trinajstić information content (AvgIpc) is 3.28. The molecule has 1 saturated heterocycles. The Labute approximate surface area is 188 Å². The molecule has 2 heterocycles. The highest BCUT2D eigenvalue weighted by molar-refractivity contribution is 5.90. The van der Waals surface area contributed by atoms with Crippen molar-refractivity contribution in [2.24, 2.45) is 5.92 Å². The molecule has 1 amide bonds. The van der Waals surface area contributed by atoms with Crippen LogP contribution in [0.25, 0.3) is 22.0 Å². The number of hydrogen-bond acceptors (Lipinski definition) is 4. The fourth-order valence-electron chi connectivity index (χ4n) is 4.45. The van der Waals surface area contributed by atoms with Gasteiger partial charge in [0, 0.05) is 42.6 Å². The number of rotatable bonds is 5. The van der Waals surface area contributed by atoms with E-state index in [1.165, 1.54) is 12.1 Å². The molecule has 1 atom stereocenters. The average molecular weight is 431 g/mol. The van der Waals surface area contributed by atoms with Crippen molar-refractivity contribution in [3.63, 3.8) is 0 Å². The van der Waals surface area contributed by atoms with Gasteiger partial charge in [0.1, 0.15) is 11.6 Å². The van der Waals surface area contributed by atoms with Gasteiger partial charge in [0.15, 0.2) is 0 Å². The summed E-state index contributed by atoms with van der Waals surface area (Å²) >= 11 is 0. The molecule has 0 spiro atoms. The Morgan fingerprint density at radius 1 is 1.28 bits per heavy atom. The molecule has 1 fully saturated rings. The lowest BCUT2D eigenvalue weighted by molar-refractivity contribution is -0.136. The van der Waals surface area contributed by atoms with Crippen LogP contribution in [0.4, 0.5) is 10.2 Å². The van der Waals surface area contributed by atoms with E-state index in [2.05, 4.69) is 11.0 Å². The number of carbonyl (C=O) groups is 1. The van der Waals surface area contributed by atoms with Gasteiger partial charge in [-0.15, -0.1) is 0 Å². The lowest BCUT2D eigenvalue weighted by atomic mass is 10.0. The monoisotopic (exact) mass is 430 g/mol. The first kappa shape index (κ1) is 21.8. The number of amides is 1. The number of benzene rings is 2. The molecule has 0 radical (unpaired) electrons. The van der Waals surface area contributed by atoms with Crippen molar-refractivity contribution in [1.29, 1.82) is 5.26 Å². The molecule has 3 aromatic rings. The predicted octanol–water partition coefficient (Wildman–Crippen LogP) is 5.00. The van der Waals surface area contributed by atoms with Crippen LogP contribution in [0.1, 0.15) is 32.8 Å². The minimum Gasteiger partial charge on any atom is -0.354 e. The van der Waals surface area contributed by atoms with Crippen LogP contribution in [0.2, 0.25) is 0 Å². The van der Waals surface area contributed by atoms with Crippen LogP contribution in [0, 0.1) is 23.1 Å². The zero-order valence-corrected chi connectivity index (χ0v) is 18.7. The normalized spacial score (nSPS) is 15.9. The summed E-state index contributed by atoms with van der Waals surface area (Å²) in [5.41, 5.74) is 2.97. The number of nitriles is 1.